The highest BCUT2D eigenvalue weighted by Gasteiger charge is 2.50. The number of hydrogen-bond donors (Lipinski definition) is 0. The molecular weight excluding hydrogens is 384 g/mol. The minimum absolute atomic E-state index is 0.241. The maximum absolute atomic E-state index is 6.47. The van der Waals surface area contributed by atoms with Gasteiger partial charge in [0, 0.05) is 14.2 Å². The Morgan fingerprint density at radius 1 is 0.654 bits per heavy atom. The van der Waals surface area contributed by atoms with E-state index in [0.29, 0.717) is 6.61 Å². The molecule has 0 saturated carbocycles. The molecule has 6 nitrogen and oxygen atoms in total. The van der Waals surface area contributed by atoms with E-state index in [1.54, 1.807) is 14.2 Å². The molecule has 0 aliphatic carbocycles. The van der Waals surface area contributed by atoms with E-state index in [4.69, 9.17) is 27.5 Å². The van der Waals surface area contributed by atoms with Crippen molar-refractivity contribution in [2.45, 2.75) is 89.6 Å². The van der Waals surface area contributed by atoms with Crippen molar-refractivity contribution in [1.29, 1.82) is 0 Å². The predicted octanol–water partition coefficient (Wildman–Crippen LogP) is 3.66. The average Bonchev–Trinajstić information content (AvgIpc) is 2.42. The quantitative estimate of drug-likeness (QED) is 0.526. The summed E-state index contributed by atoms with van der Waals surface area (Å²) in [5, 5.41) is 0. The van der Waals surface area contributed by atoms with Gasteiger partial charge in [-0.25, -0.2) is 0 Å². The van der Waals surface area contributed by atoms with Gasteiger partial charge in [-0.1, -0.05) is 0 Å². The van der Waals surface area contributed by atoms with E-state index in [1.807, 2.05) is 0 Å². The Hall–Kier alpha value is 0.411. The fourth-order valence-corrected chi connectivity index (χ4v) is 5.51. The van der Waals surface area contributed by atoms with Crippen LogP contribution in [0.1, 0.15) is 0 Å². The van der Waals surface area contributed by atoms with Crippen LogP contribution < -0.4 is 0 Å². The van der Waals surface area contributed by atoms with E-state index in [2.05, 4.69) is 58.9 Å². The minimum atomic E-state index is -1.83. The molecule has 9 heteroatoms. The maximum atomic E-state index is 6.47. The number of rotatable bonds is 9. The summed E-state index contributed by atoms with van der Waals surface area (Å²) < 4.78 is 36.9. The molecule has 5 atom stereocenters. The third-order valence-electron chi connectivity index (χ3n) is 3.78. The average molecular weight is 425 g/mol. The zero-order valence-corrected chi connectivity index (χ0v) is 21.5. The van der Waals surface area contributed by atoms with E-state index >= 15 is 0 Å². The summed E-state index contributed by atoms with van der Waals surface area (Å²) in [6.07, 6.45) is -1.57. The molecule has 0 aromatic rings. The lowest BCUT2D eigenvalue weighted by atomic mass is 9.99. The van der Waals surface area contributed by atoms with Gasteiger partial charge in [0.2, 0.25) is 0 Å². The van der Waals surface area contributed by atoms with Crippen molar-refractivity contribution in [3.63, 3.8) is 0 Å². The van der Waals surface area contributed by atoms with Crippen LogP contribution in [0, 0.1) is 0 Å². The predicted molar refractivity (Wildman–Crippen MR) is 112 cm³/mol. The lowest BCUT2D eigenvalue weighted by molar-refractivity contribution is -0.285. The van der Waals surface area contributed by atoms with Crippen LogP contribution in [0.25, 0.3) is 0 Å². The molecule has 0 bridgehead atoms. The van der Waals surface area contributed by atoms with Crippen molar-refractivity contribution in [2.75, 3.05) is 20.8 Å². The first-order valence-electron chi connectivity index (χ1n) is 9.37. The second kappa shape index (κ2) is 9.27. The summed E-state index contributed by atoms with van der Waals surface area (Å²) in [6.45, 7) is 19.9. The Balaban J connectivity index is 3.12. The van der Waals surface area contributed by atoms with E-state index in [1.165, 1.54) is 0 Å². The Bertz CT molecular complexity index is 430. The van der Waals surface area contributed by atoms with Crippen molar-refractivity contribution in [3.05, 3.63) is 0 Å². The van der Waals surface area contributed by atoms with Gasteiger partial charge in [0.25, 0.3) is 0 Å². The standard InChI is InChI=1S/C17H40O6Si3/c1-18-15-14(22-25(6,7)8)13(12-20-24(3,4)5)21-17(16(15)19-2)23-26(9,10)11/h13-17H,12H2,1-11H3/t13-,14-,15+,16-,17?/m0/s1. The maximum Gasteiger partial charge on any atom is 0.187 e. The van der Waals surface area contributed by atoms with Gasteiger partial charge in [0.1, 0.15) is 24.4 Å². The molecule has 1 fully saturated rings. The van der Waals surface area contributed by atoms with Gasteiger partial charge in [-0.05, 0) is 58.9 Å². The highest BCUT2D eigenvalue weighted by molar-refractivity contribution is 6.70. The lowest BCUT2D eigenvalue weighted by Crippen LogP contribution is -2.64. The van der Waals surface area contributed by atoms with E-state index < -0.39 is 31.2 Å². The molecular formula is C17H40O6Si3. The van der Waals surface area contributed by atoms with E-state index in [-0.39, 0.29) is 24.4 Å². The molecule has 26 heavy (non-hydrogen) atoms. The molecule has 0 aromatic heterocycles. The third kappa shape index (κ3) is 8.19. The second-order valence-electron chi connectivity index (χ2n) is 9.79. The van der Waals surface area contributed by atoms with Crippen LogP contribution in [0.2, 0.25) is 58.9 Å². The van der Waals surface area contributed by atoms with Crippen molar-refractivity contribution < 1.29 is 27.5 Å². The molecule has 156 valence electrons. The summed E-state index contributed by atoms with van der Waals surface area (Å²) in [6, 6.07) is 0. The fraction of sp³-hybridized carbons (Fsp3) is 1.00. The summed E-state index contributed by atoms with van der Waals surface area (Å²) in [5.74, 6) is 0. The first-order valence-corrected chi connectivity index (χ1v) is 19.6. The monoisotopic (exact) mass is 424 g/mol. The molecule has 1 rings (SSSR count). The van der Waals surface area contributed by atoms with Crippen LogP contribution in [0.15, 0.2) is 0 Å². The molecule has 1 aliphatic rings. The highest BCUT2D eigenvalue weighted by atomic mass is 28.4. The molecule has 0 spiro atoms. The van der Waals surface area contributed by atoms with Crippen LogP contribution in [0.5, 0.6) is 0 Å². The van der Waals surface area contributed by atoms with Crippen LogP contribution in [0.3, 0.4) is 0 Å². The number of hydrogen-bond acceptors (Lipinski definition) is 6. The SMILES string of the molecule is CO[C@@H]1[C@@H](O[Si](C)(C)C)[C@H](CO[Si](C)(C)C)OC(O[Si](C)(C)C)[C@H]1OC. The summed E-state index contributed by atoms with van der Waals surface area (Å²) in [7, 11) is -1.96. The van der Waals surface area contributed by atoms with Gasteiger partial charge >= 0.3 is 0 Å². The molecule has 1 heterocycles. The first-order chi connectivity index (χ1) is 11.7. The molecule has 0 aromatic carbocycles. The van der Waals surface area contributed by atoms with Crippen LogP contribution in [0.4, 0.5) is 0 Å². The molecule has 1 saturated heterocycles. The Kier molecular flexibility index (Phi) is 8.72. The minimum Gasteiger partial charge on any atom is -0.415 e. The Labute approximate surface area is 163 Å². The highest BCUT2D eigenvalue weighted by Crippen LogP contribution is 2.32. The molecule has 1 aliphatic heterocycles. The van der Waals surface area contributed by atoms with Gasteiger partial charge in [0.05, 0.1) is 6.61 Å². The topological polar surface area (TPSA) is 55.4 Å². The molecule has 1 unspecified atom stereocenters. The first kappa shape index (κ1) is 24.4. The zero-order chi connectivity index (χ0) is 20.3. The normalized spacial score (nSPS) is 31.3. The molecule has 0 amide bonds. The smallest absolute Gasteiger partial charge is 0.187 e. The van der Waals surface area contributed by atoms with Crippen molar-refractivity contribution in [1.82, 2.24) is 0 Å². The second-order valence-corrected chi connectivity index (χ2v) is 23.2. The fourth-order valence-electron chi connectivity index (χ4n) is 2.85. The van der Waals surface area contributed by atoms with Gasteiger partial charge in [-0.2, -0.15) is 0 Å². The van der Waals surface area contributed by atoms with Gasteiger partial charge < -0.3 is 27.5 Å². The summed E-state index contributed by atoms with van der Waals surface area (Å²) >= 11 is 0. The van der Waals surface area contributed by atoms with Gasteiger partial charge in [-0.15, -0.1) is 0 Å². The largest absolute Gasteiger partial charge is 0.415 e. The Morgan fingerprint density at radius 3 is 1.54 bits per heavy atom. The summed E-state index contributed by atoms with van der Waals surface area (Å²) in [4.78, 5) is 0. The van der Waals surface area contributed by atoms with Crippen molar-refractivity contribution >= 4 is 25.0 Å². The number of methoxy groups -OCH3 is 2. The van der Waals surface area contributed by atoms with Crippen LogP contribution in [-0.4, -0.2) is 76.5 Å². The van der Waals surface area contributed by atoms with E-state index in [0.717, 1.165) is 0 Å². The summed E-state index contributed by atoms with van der Waals surface area (Å²) in [5.41, 5.74) is 0. The lowest BCUT2D eigenvalue weighted by Gasteiger charge is -2.48. The Morgan fingerprint density at radius 2 is 1.15 bits per heavy atom. The van der Waals surface area contributed by atoms with Gasteiger partial charge in [-0.3, -0.25) is 0 Å². The molecule has 0 N–H and O–H groups in total. The van der Waals surface area contributed by atoms with Crippen LogP contribution >= 0.6 is 0 Å². The van der Waals surface area contributed by atoms with Crippen molar-refractivity contribution in [3.8, 4) is 0 Å². The van der Waals surface area contributed by atoms with Gasteiger partial charge in [0.15, 0.2) is 31.2 Å². The van der Waals surface area contributed by atoms with E-state index in [9.17, 15) is 0 Å². The zero-order valence-electron chi connectivity index (χ0n) is 18.5. The van der Waals surface area contributed by atoms with Crippen molar-refractivity contribution in [2.24, 2.45) is 0 Å². The van der Waals surface area contributed by atoms with Crippen LogP contribution in [-0.2, 0) is 27.5 Å². The molecule has 0 radical (unpaired) electrons. The third-order valence-corrected chi connectivity index (χ3v) is 6.73. The number of ether oxygens (including phenoxy) is 3.